The topological polar surface area (TPSA) is 56.7 Å². The van der Waals surface area contributed by atoms with Gasteiger partial charge in [-0.1, -0.05) is 35.1 Å². The highest BCUT2D eigenvalue weighted by Gasteiger charge is 2.20. The Bertz CT molecular complexity index is 951. The van der Waals surface area contributed by atoms with Crippen LogP contribution in [0.4, 0.5) is 5.13 Å². The third kappa shape index (κ3) is 3.67. The molecule has 5 nitrogen and oxygen atoms in total. The van der Waals surface area contributed by atoms with Crippen molar-refractivity contribution in [1.29, 1.82) is 0 Å². The van der Waals surface area contributed by atoms with Gasteiger partial charge in [0, 0.05) is 37.7 Å². The average Bonchev–Trinajstić information content (AvgIpc) is 3.05. The molecule has 26 heavy (non-hydrogen) atoms. The van der Waals surface area contributed by atoms with Crippen molar-refractivity contribution in [2.24, 2.45) is 0 Å². The zero-order valence-electron chi connectivity index (χ0n) is 14.1. The molecule has 1 N–H and O–H groups in total. The van der Waals surface area contributed by atoms with E-state index in [4.69, 9.17) is 21.7 Å². The first-order chi connectivity index (χ1) is 12.6. The number of aromatic nitrogens is 1. The van der Waals surface area contributed by atoms with Gasteiger partial charge in [0.2, 0.25) is 0 Å². The summed E-state index contributed by atoms with van der Waals surface area (Å²) in [5.41, 5.74) is 2.37. The molecule has 7 heteroatoms. The monoisotopic (exact) mass is 387 g/mol. The van der Waals surface area contributed by atoms with E-state index in [1.54, 1.807) is 29.5 Å². The summed E-state index contributed by atoms with van der Waals surface area (Å²) >= 11 is 7.74. The number of piperazine rings is 1. The molecule has 3 aromatic rings. The lowest BCUT2D eigenvalue weighted by atomic mass is 10.1. The Hall–Kier alpha value is -2.15. The molecule has 1 aliphatic heterocycles. The third-order valence-electron chi connectivity index (χ3n) is 4.56. The molecule has 0 saturated carbocycles. The normalized spacial score (nSPS) is 15.5. The summed E-state index contributed by atoms with van der Waals surface area (Å²) in [6, 6.07) is 13.0. The predicted molar refractivity (Wildman–Crippen MR) is 106 cm³/mol. The number of hydrogen-bond donors (Lipinski definition) is 1. The lowest BCUT2D eigenvalue weighted by molar-refractivity contribution is 0.0696. The maximum atomic E-state index is 11.1. The van der Waals surface area contributed by atoms with Gasteiger partial charge in [-0.25, -0.2) is 9.78 Å². The van der Waals surface area contributed by atoms with E-state index in [2.05, 4.69) is 9.80 Å². The summed E-state index contributed by atoms with van der Waals surface area (Å²) in [4.78, 5) is 20.5. The zero-order chi connectivity index (χ0) is 18.1. The van der Waals surface area contributed by atoms with Crippen molar-refractivity contribution in [2.75, 3.05) is 31.1 Å². The van der Waals surface area contributed by atoms with E-state index < -0.39 is 5.97 Å². The number of nitrogens with zero attached hydrogens (tertiary/aromatic N) is 3. The number of aromatic carboxylic acids is 1. The van der Waals surface area contributed by atoms with Crippen LogP contribution in [-0.2, 0) is 6.54 Å². The summed E-state index contributed by atoms with van der Waals surface area (Å²) in [6.45, 7) is 4.44. The molecular weight excluding hydrogens is 370 g/mol. The number of carbonyl (C=O) groups is 1. The molecule has 0 spiro atoms. The minimum atomic E-state index is -0.882. The van der Waals surface area contributed by atoms with Crippen molar-refractivity contribution >= 4 is 44.3 Å². The predicted octanol–water partition coefficient (Wildman–Crippen LogP) is 3.97. The second-order valence-corrected chi connectivity index (χ2v) is 7.82. The number of carboxylic acid groups (broad SMARTS) is 1. The molecule has 0 unspecified atom stereocenters. The fraction of sp³-hybridized carbons (Fsp3) is 0.263. The SMILES string of the molecule is O=C(O)c1cccc(CN2CCN(c3nc4ccc(Cl)cc4s3)CC2)c1. The van der Waals surface area contributed by atoms with E-state index >= 15 is 0 Å². The Morgan fingerprint density at radius 2 is 1.96 bits per heavy atom. The highest BCUT2D eigenvalue weighted by molar-refractivity contribution is 7.22. The first kappa shape index (κ1) is 17.3. The van der Waals surface area contributed by atoms with Gasteiger partial charge < -0.3 is 10.0 Å². The Kier molecular flexibility index (Phi) is 4.80. The van der Waals surface area contributed by atoms with E-state index in [9.17, 15) is 4.79 Å². The Balaban J connectivity index is 1.40. The minimum absolute atomic E-state index is 0.342. The number of benzene rings is 2. The summed E-state index contributed by atoms with van der Waals surface area (Å²) in [5, 5.41) is 10.9. The van der Waals surface area contributed by atoms with E-state index in [0.717, 1.165) is 58.7 Å². The number of fused-ring (bicyclic) bond motifs is 1. The van der Waals surface area contributed by atoms with Crippen LogP contribution in [0.2, 0.25) is 5.02 Å². The fourth-order valence-electron chi connectivity index (χ4n) is 3.18. The maximum Gasteiger partial charge on any atom is 0.335 e. The Morgan fingerprint density at radius 1 is 1.15 bits per heavy atom. The van der Waals surface area contributed by atoms with E-state index in [1.807, 2.05) is 24.3 Å². The van der Waals surface area contributed by atoms with Crippen LogP contribution in [0.15, 0.2) is 42.5 Å². The Labute approximate surface area is 160 Å². The van der Waals surface area contributed by atoms with Crippen molar-refractivity contribution in [3.8, 4) is 0 Å². The number of anilines is 1. The van der Waals surface area contributed by atoms with Gasteiger partial charge in [0.05, 0.1) is 15.8 Å². The molecule has 0 bridgehead atoms. The highest BCUT2D eigenvalue weighted by atomic mass is 35.5. The van der Waals surface area contributed by atoms with Gasteiger partial charge in [0.25, 0.3) is 0 Å². The smallest absolute Gasteiger partial charge is 0.335 e. The molecule has 1 aliphatic rings. The standard InChI is InChI=1S/C19H18ClN3O2S/c20-15-4-5-16-17(11-15)26-19(21-16)23-8-6-22(7-9-23)12-13-2-1-3-14(10-13)18(24)25/h1-5,10-11H,6-9,12H2,(H,24,25). The molecule has 2 aromatic carbocycles. The molecule has 134 valence electrons. The molecule has 1 fully saturated rings. The molecule has 4 rings (SSSR count). The molecule has 1 aromatic heterocycles. The number of rotatable bonds is 4. The second-order valence-electron chi connectivity index (χ2n) is 6.38. The van der Waals surface area contributed by atoms with Crippen LogP contribution in [0.5, 0.6) is 0 Å². The van der Waals surface area contributed by atoms with Gasteiger partial charge in [-0.15, -0.1) is 0 Å². The van der Waals surface area contributed by atoms with E-state index in [-0.39, 0.29) is 0 Å². The molecule has 0 aliphatic carbocycles. The van der Waals surface area contributed by atoms with Gasteiger partial charge in [-0.05, 0) is 35.9 Å². The van der Waals surface area contributed by atoms with Crippen LogP contribution < -0.4 is 4.90 Å². The average molecular weight is 388 g/mol. The molecule has 0 radical (unpaired) electrons. The van der Waals surface area contributed by atoms with Crippen LogP contribution in [-0.4, -0.2) is 47.1 Å². The highest BCUT2D eigenvalue weighted by Crippen LogP contribution is 2.31. The number of thiazole rings is 1. The lowest BCUT2D eigenvalue weighted by Crippen LogP contribution is -2.45. The number of carboxylic acids is 1. The summed E-state index contributed by atoms with van der Waals surface area (Å²) in [6.07, 6.45) is 0. The van der Waals surface area contributed by atoms with Gasteiger partial charge in [0.1, 0.15) is 0 Å². The minimum Gasteiger partial charge on any atom is -0.478 e. The maximum absolute atomic E-state index is 11.1. The second kappa shape index (κ2) is 7.23. The molecule has 0 amide bonds. The molecule has 0 atom stereocenters. The number of halogens is 1. The lowest BCUT2D eigenvalue weighted by Gasteiger charge is -2.34. The molecule has 2 heterocycles. The van der Waals surface area contributed by atoms with Crippen LogP contribution in [0, 0.1) is 0 Å². The van der Waals surface area contributed by atoms with E-state index in [1.165, 1.54) is 0 Å². The molecule has 1 saturated heterocycles. The van der Waals surface area contributed by atoms with E-state index in [0.29, 0.717) is 5.56 Å². The van der Waals surface area contributed by atoms with Crippen molar-refractivity contribution in [1.82, 2.24) is 9.88 Å². The Morgan fingerprint density at radius 3 is 2.73 bits per heavy atom. The van der Waals surface area contributed by atoms with Crippen molar-refractivity contribution in [3.63, 3.8) is 0 Å². The van der Waals surface area contributed by atoms with Crippen molar-refractivity contribution in [2.45, 2.75) is 6.54 Å². The van der Waals surface area contributed by atoms with Crippen molar-refractivity contribution < 1.29 is 9.90 Å². The first-order valence-electron chi connectivity index (χ1n) is 8.44. The molecular formula is C19H18ClN3O2S. The third-order valence-corrected chi connectivity index (χ3v) is 5.88. The van der Waals surface area contributed by atoms with Crippen LogP contribution >= 0.6 is 22.9 Å². The van der Waals surface area contributed by atoms with Gasteiger partial charge in [-0.2, -0.15) is 0 Å². The van der Waals surface area contributed by atoms with Crippen molar-refractivity contribution in [3.05, 3.63) is 58.6 Å². The van der Waals surface area contributed by atoms with Crippen LogP contribution in [0.25, 0.3) is 10.2 Å². The summed E-state index contributed by atoms with van der Waals surface area (Å²) in [7, 11) is 0. The fourth-order valence-corrected chi connectivity index (χ4v) is 4.47. The van der Waals surface area contributed by atoms with Gasteiger partial charge in [0.15, 0.2) is 5.13 Å². The largest absolute Gasteiger partial charge is 0.478 e. The summed E-state index contributed by atoms with van der Waals surface area (Å²) in [5.74, 6) is -0.882. The van der Waals surface area contributed by atoms with Crippen LogP contribution in [0.1, 0.15) is 15.9 Å². The summed E-state index contributed by atoms with van der Waals surface area (Å²) < 4.78 is 1.11. The van der Waals surface area contributed by atoms with Gasteiger partial charge >= 0.3 is 5.97 Å². The number of hydrogen-bond acceptors (Lipinski definition) is 5. The van der Waals surface area contributed by atoms with Crippen LogP contribution in [0.3, 0.4) is 0 Å². The first-order valence-corrected chi connectivity index (χ1v) is 9.63. The quantitative estimate of drug-likeness (QED) is 0.734. The van der Waals surface area contributed by atoms with Gasteiger partial charge in [-0.3, -0.25) is 4.90 Å². The zero-order valence-corrected chi connectivity index (χ0v) is 15.6.